The largest absolute Gasteiger partial charge is 1.00 e. The maximum absolute atomic E-state index is 3.88. The van der Waals surface area contributed by atoms with Crippen molar-refractivity contribution in [3.05, 3.63) is 152 Å². The summed E-state index contributed by atoms with van der Waals surface area (Å²) in [5, 5.41) is 0. The molecule has 0 unspecified atom stereocenters. The highest BCUT2D eigenvalue weighted by molar-refractivity contribution is 7.90. The summed E-state index contributed by atoms with van der Waals surface area (Å²) < 4.78 is 14.0. The van der Waals surface area contributed by atoms with E-state index in [1.807, 2.05) is 72.9 Å². The molecule has 0 aliphatic carbocycles. The van der Waals surface area contributed by atoms with Crippen molar-refractivity contribution < 1.29 is 9.41 Å². The lowest BCUT2D eigenvalue weighted by molar-refractivity contribution is -0.00100. The van der Waals surface area contributed by atoms with Crippen LogP contribution < -0.4 is 9.41 Å². The fourth-order valence-electron chi connectivity index (χ4n) is 3.95. The third-order valence-electron chi connectivity index (χ3n) is 5.38. The van der Waals surface area contributed by atoms with Crippen LogP contribution in [0.3, 0.4) is 0 Å². The van der Waals surface area contributed by atoms with Gasteiger partial charge in [0.1, 0.15) is 0 Å². The molecular weight excluding hydrogens is 619 g/mol. The summed E-state index contributed by atoms with van der Waals surface area (Å²) in [7, 11) is 0. The maximum Gasteiger partial charge on any atom is 0.269 e. The Morgan fingerprint density at radius 3 is 0.391 bits per heavy atom. The van der Waals surface area contributed by atoms with Crippen LogP contribution in [0.25, 0.3) is 0 Å². The van der Waals surface area contributed by atoms with Crippen LogP contribution in [-0.2, 0) is 22.9 Å². The van der Waals surface area contributed by atoms with Gasteiger partial charge in [-0.2, -0.15) is 0 Å². The molecule has 6 nitrogen and oxygen atoms in total. The molecule has 0 saturated carbocycles. The number of rotatable bonds is 30. The van der Waals surface area contributed by atoms with Crippen molar-refractivity contribution in [3.63, 3.8) is 0 Å². The second-order valence-corrected chi connectivity index (χ2v) is 13.1. The zero-order valence-corrected chi connectivity index (χ0v) is 29.8. The summed E-state index contributed by atoms with van der Waals surface area (Å²) in [5.74, 6) is 0. The lowest BCUT2D eigenvalue weighted by Crippen LogP contribution is -3.00. The Morgan fingerprint density at radius 2 is 0.326 bits per heavy atom. The monoisotopic (exact) mass is 678 g/mol. The number of halogens is 2. The first-order valence-corrected chi connectivity index (χ1v) is 16.9. The predicted molar refractivity (Wildman–Crippen MR) is 207 cm³/mol. The van der Waals surface area contributed by atoms with Gasteiger partial charge in [0.25, 0.3) is 22.9 Å². The molecule has 0 fully saturated rings. The Hall–Kier alpha value is -2.80. The van der Waals surface area contributed by atoms with E-state index in [1.54, 1.807) is 0 Å². The fourth-order valence-corrected chi connectivity index (χ4v) is 8.78. The van der Waals surface area contributed by atoms with Crippen molar-refractivity contribution >= 4 is 22.9 Å². The zero-order chi connectivity index (χ0) is 33.6. The molecule has 0 N–H and O–H groups in total. The maximum atomic E-state index is 3.88. The van der Waals surface area contributed by atoms with Gasteiger partial charge < -0.3 is 9.41 Å². The second-order valence-electron chi connectivity index (χ2n) is 9.04. The minimum Gasteiger partial charge on any atom is -1.00 e. The molecule has 0 spiro atoms. The van der Waals surface area contributed by atoms with Gasteiger partial charge in [-0.25, -0.2) is 0 Å². The van der Waals surface area contributed by atoms with Crippen molar-refractivity contribution in [1.82, 2.24) is 25.8 Å². The van der Waals surface area contributed by atoms with Crippen LogP contribution in [0.15, 0.2) is 152 Å². The van der Waals surface area contributed by atoms with E-state index in [9.17, 15) is 0 Å². The third kappa shape index (κ3) is 20.3. The number of hydrogen-bond donors (Lipinski definition) is 0. The zero-order valence-electron chi connectivity index (χ0n) is 28.2. The Bertz CT molecular complexity index is 667. The first-order valence-electron chi connectivity index (χ1n) is 14.7. The van der Waals surface area contributed by atoms with Gasteiger partial charge in [-0.15, -0.1) is 78.9 Å². The van der Waals surface area contributed by atoms with Crippen molar-refractivity contribution in [2.45, 2.75) is 0 Å². The molecule has 0 saturated heterocycles. The van der Waals surface area contributed by atoms with Gasteiger partial charge in [0.2, 0.25) is 0 Å². The van der Waals surface area contributed by atoms with Crippen LogP contribution in [0.5, 0.6) is 0 Å². The van der Waals surface area contributed by atoms with E-state index in [0.29, 0.717) is 0 Å². The van der Waals surface area contributed by atoms with E-state index < -0.39 is 0 Å². The average Bonchev–Trinajstić information content (AvgIpc) is 2.99. The molecule has 0 bridgehead atoms. The third-order valence-corrected chi connectivity index (χ3v) is 9.94. The minimum absolute atomic E-state index is 0. The highest BCUT2D eigenvalue weighted by Gasteiger charge is 2.42. The lowest BCUT2D eigenvalue weighted by Gasteiger charge is -2.31. The molecule has 0 atom stereocenters. The van der Waals surface area contributed by atoms with Gasteiger partial charge in [0.05, 0.1) is 78.5 Å². The first kappa shape index (κ1) is 50.1. The molecule has 0 aliphatic heterocycles. The van der Waals surface area contributed by atoms with E-state index in [1.165, 1.54) is 0 Å². The second kappa shape index (κ2) is 35.1. The van der Waals surface area contributed by atoms with Crippen LogP contribution in [0.2, 0.25) is 0 Å². The Morgan fingerprint density at radius 1 is 0.239 bits per heavy atom. The van der Waals surface area contributed by atoms with Crippen molar-refractivity contribution in [1.29, 1.82) is 0 Å². The summed E-state index contributed by atoms with van der Waals surface area (Å²) in [6.45, 7) is 55.9. The summed E-state index contributed by atoms with van der Waals surface area (Å²) in [6, 6.07) is 0. The average molecular weight is 679 g/mol. The molecule has 0 aromatic heterocycles. The van der Waals surface area contributed by atoms with Gasteiger partial charge >= 0.3 is 0 Å². The summed E-state index contributed by atoms with van der Waals surface area (Å²) in [5.41, 5.74) is 0. The molecule has 46 heavy (non-hydrogen) atoms. The van der Waals surface area contributed by atoms with E-state index in [2.05, 4.69) is 105 Å². The molecule has 0 amide bonds. The van der Waals surface area contributed by atoms with Gasteiger partial charge in [0, 0.05) is 0 Å². The van der Waals surface area contributed by atoms with E-state index in [0.717, 1.165) is 78.5 Å². The molecule has 10 heteroatoms. The SMILES string of the molecule is C=CCN(CC=C)[S+](N(CC=C)CC=C)N(CC=C)CC=C.C=CCN(CC=C)[S+](N(CC=C)CC=C)N(CC=C)CC=C.[F-].[F-]. The smallest absolute Gasteiger partial charge is 0.269 e. The van der Waals surface area contributed by atoms with Crippen LogP contribution >= 0.6 is 0 Å². The Kier molecular flexibility index (Phi) is 38.2. The fraction of sp³-hybridized carbons (Fsp3) is 0.333. The molecular formula is C36H60F2N6S2. The molecule has 0 heterocycles. The van der Waals surface area contributed by atoms with Crippen molar-refractivity contribution in [2.24, 2.45) is 0 Å². The predicted octanol–water partition coefficient (Wildman–Crippen LogP) is 0.751. The normalized spacial score (nSPS) is 10.4. The van der Waals surface area contributed by atoms with Gasteiger partial charge in [-0.05, 0) is 0 Å². The van der Waals surface area contributed by atoms with Crippen molar-refractivity contribution in [2.75, 3.05) is 78.5 Å². The molecule has 0 radical (unpaired) electrons. The first-order chi connectivity index (χ1) is 21.4. The number of nitrogens with zero attached hydrogens (tertiary/aromatic N) is 6. The van der Waals surface area contributed by atoms with Crippen LogP contribution in [-0.4, -0.2) is 104 Å². The quantitative estimate of drug-likeness (QED) is 0.0821. The van der Waals surface area contributed by atoms with Crippen LogP contribution in [0.4, 0.5) is 0 Å². The summed E-state index contributed by atoms with van der Waals surface area (Å²) >= 11 is -0.529. The van der Waals surface area contributed by atoms with Crippen molar-refractivity contribution in [3.8, 4) is 0 Å². The van der Waals surface area contributed by atoms with E-state index in [4.69, 9.17) is 0 Å². The standard InChI is InChI=1S/2C18H30N3S.2FH/c2*1-7-13-19(14-8-2)22(20(15-9-3)16-10-4)21(17-11-5)18-12-6;;/h2*7-12H,1-6,13-18H2;2*1H/q2*+1;;/p-2. The van der Waals surface area contributed by atoms with Gasteiger partial charge in [-0.1, -0.05) is 98.7 Å². The lowest BCUT2D eigenvalue weighted by atomic mass is 10.5. The summed E-state index contributed by atoms with van der Waals surface area (Å²) in [4.78, 5) is 0. The molecule has 0 aliphatic rings. The molecule has 0 rings (SSSR count). The highest BCUT2D eigenvalue weighted by Crippen LogP contribution is 2.19. The molecule has 0 aromatic carbocycles. The van der Waals surface area contributed by atoms with Crippen LogP contribution in [0.1, 0.15) is 0 Å². The van der Waals surface area contributed by atoms with Gasteiger partial charge in [-0.3, -0.25) is 0 Å². The van der Waals surface area contributed by atoms with Crippen LogP contribution in [0, 0.1) is 0 Å². The van der Waals surface area contributed by atoms with E-state index in [-0.39, 0.29) is 32.3 Å². The van der Waals surface area contributed by atoms with E-state index >= 15 is 0 Å². The Labute approximate surface area is 287 Å². The highest BCUT2D eigenvalue weighted by atomic mass is 32.2. The number of hydrogen-bond acceptors (Lipinski definition) is 6. The van der Waals surface area contributed by atoms with Gasteiger partial charge in [0.15, 0.2) is 0 Å². The molecule has 0 aromatic rings. The minimum atomic E-state index is -0.265. The Balaban J connectivity index is -0.000000367. The topological polar surface area (TPSA) is 19.4 Å². The molecule has 260 valence electrons. The summed E-state index contributed by atoms with van der Waals surface area (Å²) in [6.07, 6.45) is 23.0.